The Hall–Kier alpha value is -0.0100. The van der Waals surface area contributed by atoms with Gasteiger partial charge in [-0.05, 0) is 6.26 Å². The van der Waals surface area contributed by atoms with Crippen LogP contribution in [0.2, 0.25) is 0 Å². The Morgan fingerprint density at radius 3 is 2.13 bits per heavy atom. The summed E-state index contributed by atoms with van der Waals surface area (Å²) in [5, 5.41) is 49.5. The number of methoxy groups -OCH3 is 1. The number of rotatable bonds is 6. The van der Waals surface area contributed by atoms with E-state index in [2.05, 4.69) is 0 Å². The predicted octanol–water partition coefficient (Wildman–Crippen LogP) is -2.73. The lowest BCUT2D eigenvalue weighted by Gasteiger charge is -2.42. The maximum atomic E-state index is 10.2. The second-order valence-corrected chi connectivity index (χ2v) is 6.43. The maximum absolute atomic E-state index is 10.2. The summed E-state index contributed by atoms with van der Waals surface area (Å²) in [6.07, 6.45) is -8.50. The molecule has 9 nitrogen and oxygen atoms in total. The highest BCUT2D eigenvalue weighted by atomic mass is 32.2. The van der Waals surface area contributed by atoms with Crippen LogP contribution in [-0.4, -0.2) is 107 Å². The van der Waals surface area contributed by atoms with Crippen molar-refractivity contribution in [1.82, 2.24) is 0 Å². The fraction of sp³-hybridized carbons (Fsp3) is 1.00. The summed E-state index contributed by atoms with van der Waals surface area (Å²) >= 11 is 1.44. The van der Waals surface area contributed by atoms with Crippen LogP contribution in [0.25, 0.3) is 0 Å². The molecule has 0 bridgehead atoms. The number of ether oxygens (including phenoxy) is 4. The van der Waals surface area contributed by atoms with Crippen molar-refractivity contribution in [3.05, 3.63) is 0 Å². The van der Waals surface area contributed by atoms with Gasteiger partial charge in [0.15, 0.2) is 12.6 Å². The van der Waals surface area contributed by atoms with Gasteiger partial charge in [0.05, 0.1) is 12.7 Å². The van der Waals surface area contributed by atoms with Gasteiger partial charge in [-0.1, -0.05) is 0 Å². The van der Waals surface area contributed by atoms with Gasteiger partial charge in [-0.3, -0.25) is 0 Å². The summed E-state index contributed by atoms with van der Waals surface area (Å²) in [4.78, 5) is 0. The fourth-order valence-corrected chi connectivity index (χ4v) is 3.30. The minimum atomic E-state index is -1.36. The normalized spacial score (nSPS) is 47.9. The third-order valence-corrected chi connectivity index (χ3v) is 4.66. The Bertz CT molecular complexity index is 357. The molecule has 23 heavy (non-hydrogen) atoms. The van der Waals surface area contributed by atoms with Crippen LogP contribution in [0.1, 0.15) is 0 Å². The first kappa shape index (κ1) is 19.3. The van der Waals surface area contributed by atoms with Crippen molar-refractivity contribution in [1.29, 1.82) is 0 Å². The molecular formula is C13H24O9S. The first-order chi connectivity index (χ1) is 10.9. The number of aliphatic hydroxyl groups is 5. The molecule has 0 spiro atoms. The van der Waals surface area contributed by atoms with Crippen LogP contribution in [0, 0.1) is 0 Å². The van der Waals surface area contributed by atoms with E-state index >= 15 is 0 Å². The van der Waals surface area contributed by atoms with Gasteiger partial charge in [-0.25, -0.2) is 0 Å². The van der Waals surface area contributed by atoms with Crippen molar-refractivity contribution < 1.29 is 44.5 Å². The average Bonchev–Trinajstić information content (AvgIpc) is 2.80. The quantitative estimate of drug-likeness (QED) is 0.341. The Kier molecular flexibility index (Phi) is 7.04. The van der Waals surface area contributed by atoms with Crippen LogP contribution in [0.15, 0.2) is 0 Å². The van der Waals surface area contributed by atoms with Gasteiger partial charge in [0.1, 0.15) is 36.6 Å². The van der Waals surface area contributed by atoms with Crippen LogP contribution < -0.4 is 0 Å². The van der Waals surface area contributed by atoms with E-state index in [-0.39, 0.29) is 0 Å². The van der Waals surface area contributed by atoms with Gasteiger partial charge in [0.2, 0.25) is 0 Å². The van der Waals surface area contributed by atoms with Crippen molar-refractivity contribution in [3.8, 4) is 0 Å². The Labute approximate surface area is 138 Å². The fourth-order valence-electron chi connectivity index (χ4n) is 2.69. The molecule has 9 atom stereocenters. The minimum Gasteiger partial charge on any atom is -0.394 e. The van der Waals surface area contributed by atoms with Crippen molar-refractivity contribution in [2.45, 2.75) is 55.3 Å². The zero-order valence-corrected chi connectivity index (χ0v) is 13.7. The van der Waals surface area contributed by atoms with Crippen molar-refractivity contribution in [3.63, 3.8) is 0 Å². The number of hydrogen-bond acceptors (Lipinski definition) is 10. The van der Waals surface area contributed by atoms with Gasteiger partial charge in [0, 0.05) is 12.9 Å². The molecule has 0 aliphatic carbocycles. The Balaban J connectivity index is 2.07. The van der Waals surface area contributed by atoms with E-state index in [1.54, 1.807) is 0 Å². The molecular weight excluding hydrogens is 332 g/mol. The highest BCUT2D eigenvalue weighted by Gasteiger charge is 2.50. The lowest BCUT2D eigenvalue weighted by atomic mass is 9.99. The van der Waals surface area contributed by atoms with E-state index in [1.165, 1.54) is 18.9 Å². The first-order valence-electron chi connectivity index (χ1n) is 7.25. The lowest BCUT2D eigenvalue weighted by molar-refractivity contribution is -0.325. The predicted molar refractivity (Wildman–Crippen MR) is 78.7 cm³/mol. The summed E-state index contributed by atoms with van der Waals surface area (Å²) in [6.45, 7) is -0.501. The Morgan fingerprint density at radius 1 is 0.913 bits per heavy atom. The largest absolute Gasteiger partial charge is 0.394 e. The van der Waals surface area contributed by atoms with Crippen LogP contribution in [0.4, 0.5) is 0 Å². The number of hydrogen-bond donors (Lipinski definition) is 5. The monoisotopic (exact) mass is 356 g/mol. The van der Waals surface area contributed by atoms with Gasteiger partial charge in [-0.2, -0.15) is 11.8 Å². The van der Waals surface area contributed by atoms with Gasteiger partial charge < -0.3 is 44.5 Å². The zero-order chi connectivity index (χ0) is 17.1. The molecule has 0 amide bonds. The molecule has 2 heterocycles. The molecule has 5 N–H and O–H groups in total. The van der Waals surface area contributed by atoms with E-state index in [0.29, 0.717) is 5.75 Å². The molecule has 2 fully saturated rings. The van der Waals surface area contributed by atoms with Gasteiger partial charge in [-0.15, -0.1) is 0 Å². The molecule has 2 aliphatic heterocycles. The van der Waals surface area contributed by atoms with Crippen LogP contribution in [0.5, 0.6) is 0 Å². The van der Waals surface area contributed by atoms with Crippen molar-refractivity contribution in [2.24, 2.45) is 0 Å². The molecule has 2 aliphatic rings. The first-order valence-corrected chi connectivity index (χ1v) is 8.65. The van der Waals surface area contributed by atoms with Crippen molar-refractivity contribution >= 4 is 11.8 Å². The van der Waals surface area contributed by atoms with Crippen LogP contribution in [0.3, 0.4) is 0 Å². The van der Waals surface area contributed by atoms with E-state index in [9.17, 15) is 25.5 Å². The SMILES string of the molecule is CO[C@H]1O[C@H](CO)[C@@H](O)[C@H](O[C@H]2O[C@H](CSC)[C@H](O)[C@H]2O)[C@@H]1O. The van der Waals surface area contributed by atoms with E-state index in [1.807, 2.05) is 6.26 Å². The van der Waals surface area contributed by atoms with E-state index in [0.717, 1.165) is 0 Å². The third-order valence-electron chi connectivity index (χ3n) is 3.99. The molecule has 2 saturated heterocycles. The van der Waals surface area contributed by atoms with E-state index < -0.39 is 61.9 Å². The highest BCUT2D eigenvalue weighted by Crippen LogP contribution is 2.30. The maximum Gasteiger partial charge on any atom is 0.187 e. The van der Waals surface area contributed by atoms with Crippen LogP contribution in [-0.2, 0) is 18.9 Å². The molecule has 136 valence electrons. The Morgan fingerprint density at radius 2 is 1.57 bits per heavy atom. The summed E-state index contributed by atoms with van der Waals surface area (Å²) in [5.74, 6) is 0.455. The summed E-state index contributed by atoms with van der Waals surface area (Å²) in [6, 6.07) is 0. The molecule has 2 rings (SSSR count). The van der Waals surface area contributed by atoms with Gasteiger partial charge in [0.25, 0.3) is 0 Å². The summed E-state index contributed by atoms with van der Waals surface area (Å²) < 4.78 is 21.1. The number of aliphatic hydroxyl groups excluding tert-OH is 5. The smallest absolute Gasteiger partial charge is 0.187 e. The average molecular weight is 356 g/mol. The molecule has 0 aromatic carbocycles. The second kappa shape index (κ2) is 8.39. The molecule has 0 saturated carbocycles. The molecule has 0 radical (unpaired) electrons. The molecule has 0 unspecified atom stereocenters. The standard InChI is InChI=1S/C13H24O9S/c1-19-12-10(18)11(8(16)5(3-14)20-12)22-13-9(17)7(15)6(21-13)4-23-2/h5-18H,3-4H2,1-2H3/t5-,6-,7+,8-,9-,10+,11+,12+,13-/m1/s1. The third kappa shape index (κ3) is 3.98. The van der Waals surface area contributed by atoms with Gasteiger partial charge >= 0.3 is 0 Å². The summed E-state index contributed by atoms with van der Waals surface area (Å²) in [7, 11) is 1.30. The lowest BCUT2D eigenvalue weighted by Crippen LogP contribution is -2.61. The number of thioether (sulfide) groups is 1. The van der Waals surface area contributed by atoms with Crippen molar-refractivity contribution in [2.75, 3.05) is 25.7 Å². The second-order valence-electron chi connectivity index (χ2n) is 5.52. The molecule has 10 heteroatoms. The highest BCUT2D eigenvalue weighted by molar-refractivity contribution is 7.98. The minimum absolute atomic E-state index is 0.455. The van der Waals surface area contributed by atoms with E-state index in [4.69, 9.17) is 18.9 Å². The van der Waals surface area contributed by atoms with Crippen LogP contribution >= 0.6 is 11.8 Å². The zero-order valence-electron chi connectivity index (χ0n) is 12.9. The topological polar surface area (TPSA) is 138 Å². The molecule has 0 aromatic rings. The molecule has 0 aromatic heterocycles. The summed E-state index contributed by atoms with van der Waals surface area (Å²) in [5.41, 5.74) is 0.